The number of halogens is 1. The van der Waals surface area contributed by atoms with Crippen molar-refractivity contribution in [3.8, 4) is 22.9 Å². The predicted molar refractivity (Wildman–Crippen MR) is 97.9 cm³/mol. The highest BCUT2D eigenvalue weighted by atomic mass is 35.5. The average Bonchev–Trinajstić information content (AvgIpc) is 2.54. The fraction of sp³-hybridized carbons (Fsp3) is 0.200. The lowest BCUT2D eigenvalue weighted by Crippen LogP contribution is -1.99. The van der Waals surface area contributed by atoms with Crippen molar-refractivity contribution in [3.05, 3.63) is 70.0 Å². The monoisotopic (exact) mass is 338 g/mol. The molecule has 4 heteroatoms. The van der Waals surface area contributed by atoms with Crippen LogP contribution in [0.2, 0.25) is 5.02 Å². The van der Waals surface area contributed by atoms with Gasteiger partial charge in [-0.1, -0.05) is 17.7 Å². The van der Waals surface area contributed by atoms with Gasteiger partial charge in [-0.25, -0.2) is 4.98 Å². The van der Waals surface area contributed by atoms with Crippen LogP contribution in [-0.2, 0) is 0 Å². The first-order chi connectivity index (χ1) is 11.5. The minimum absolute atomic E-state index is 0.601. The van der Waals surface area contributed by atoms with E-state index in [-0.39, 0.29) is 0 Å². The Morgan fingerprint density at radius 3 is 2.29 bits per heavy atom. The van der Waals surface area contributed by atoms with Crippen LogP contribution in [0.1, 0.15) is 22.4 Å². The van der Waals surface area contributed by atoms with Crippen molar-refractivity contribution < 1.29 is 4.74 Å². The molecule has 0 radical (unpaired) electrons. The van der Waals surface area contributed by atoms with E-state index in [0.717, 1.165) is 39.4 Å². The van der Waals surface area contributed by atoms with Crippen molar-refractivity contribution in [2.24, 2.45) is 0 Å². The first-order valence-electron chi connectivity index (χ1n) is 7.80. The summed E-state index contributed by atoms with van der Waals surface area (Å²) in [5.41, 5.74) is 5.77. The molecule has 0 N–H and O–H groups in total. The molecule has 0 aliphatic heterocycles. The van der Waals surface area contributed by atoms with Gasteiger partial charge in [0.15, 0.2) is 0 Å². The van der Waals surface area contributed by atoms with Crippen molar-refractivity contribution >= 4 is 11.6 Å². The Balaban J connectivity index is 2.09. The van der Waals surface area contributed by atoms with Gasteiger partial charge in [-0.3, -0.25) is 4.98 Å². The second-order valence-corrected chi connectivity index (χ2v) is 6.36. The van der Waals surface area contributed by atoms with E-state index >= 15 is 0 Å². The molecule has 0 saturated heterocycles. The zero-order valence-electron chi connectivity index (χ0n) is 14.2. The Kier molecular flexibility index (Phi) is 4.54. The standard InChI is InChI=1S/C20H19ClN2O/c1-12-9-16(21)10-13(2)19(12)24-20-15(4)17(11-14(3)23-20)18-7-5-6-8-22-18/h5-11H,1-4H3. The molecule has 0 amide bonds. The molecular formula is C20H19ClN2O. The quantitative estimate of drug-likeness (QED) is 0.603. The number of pyridine rings is 2. The lowest BCUT2D eigenvalue weighted by molar-refractivity contribution is 0.451. The van der Waals surface area contributed by atoms with E-state index in [2.05, 4.69) is 9.97 Å². The van der Waals surface area contributed by atoms with E-state index < -0.39 is 0 Å². The number of nitrogens with zero attached hydrogens (tertiary/aromatic N) is 2. The van der Waals surface area contributed by atoms with Gasteiger partial charge in [-0.05, 0) is 69.2 Å². The van der Waals surface area contributed by atoms with Gasteiger partial charge >= 0.3 is 0 Å². The van der Waals surface area contributed by atoms with Crippen molar-refractivity contribution in [1.29, 1.82) is 0 Å². The summed E-state index contributed by atoms with van der Waals surface area (Å²) in [5.74, 6) is 1.40. The third-order valence-electron chi connectivity index (χ3n) is 3.92. The summed E-state index contributed by atoms with van der Waals surface area (Å²) in [6.45, 7) is 7.94. The number of rotatable bonds is 3. The number of hydrogen-bond donors (Lipinski definition) is 0. The number of aromatic nitrogens is 2. The Bertz CT molecular complexity index is 869. The highest BCUT2D eigenvalue weighted by Crippen LogP contribution is 2.35. The van der Waals surface area contributed by atoms with Crippen LogP contribution in [0, 0.1) is 27.7 Å². The first-order valence-corrected chi connectivity index (χ1v) is 8.17. The Morgan fingerprint density at radius 1 is 0.958 bits per heavy atom. The molecule has 0 atom stereocenters. The molecule has 0 fully saturated rings. The molecule has 0 bridgehead atoms. The Labute approximate surface area is 147 Å². The smallest absolute Gasteiger partial charge is 0.223 e. The van der Waals surface area contributed by atoms with Crippen LogP contribution in [0.3, 0.4) is 0 Å². The number of ether oxygens (including phenoxy) is 1. The van der Waals surface area contributed by atoms with Gasteiger partial charge in [-0.15, -0.1) is 0 Å². The maximum absolute atomic E-state index is 6.17. The summed E-state index contributed by atoms with van der Waals surface area (Å²) in [6.07, 6.45) is 1.79. The van der Waals surface area contributed by atoms with Gasteiger partial charge in [0.25, 0.3) is 0 Å². The first kappa shape index (κ1) is 16.5. The molecule has 122 valence electrons. The van der Waals surface area contributed by atoms with Crippen LogP contribution in [0.4, 0.5) is 0 Å². The van der Waals surface area contributed by atoms with E-state index in [1.807, 2.05) is 64.1 Å². The zero-order valence-corrected chi connectivity index (χ0v) is 15.0. The number of benzene rings is 1. The molecule has 1 aromatic carbocycles. The molecule has 2 heterocycles. The van der Waals surface area contributed by atoms with Gasteiger partial charge in [0.2, 0.25) is 5.88 Å². The summed E-state index contributed by atoms with van der Waals surface area (Å²) >= 11 is 6.11. The van der Waals surface area contributed by atoms with E-state index in [0.29, 0.717) is 10.9 Å². The molecule has 3 nitrogen and oxygen atoms in total. The average molecular weight is 339 g/mol. The zero-order chi connectivity index (χ0) is 17.3. The summed E-state index contributed by atoms with van der Waals surface area (Å²) in [4.78, 5) is 9.02. The Hall–Kier alpha value is -2.39. The largest absolute Gasteiger partial charge is 0.438 e. The summed E-state index contributed by atoms with van der Waals surface area (Å²) in [7, 11) is 0. The van der Waals surface area contributed by atoms with Crippen molar-refractivity contribution in [2.45, 2.75) is 27.7 Å². The van der Waals surface area contributed by atoms with Gasteiger partial charge < -0.3 is 4.74 Å². The summed E-state index contributed by atoms with van der Waals surface area (Å²) in [6, 6.07) is 11.7. The topological polar surface area (TPSA) is 35.0 Å². The van der Waals surface area contributed by atoms with Gasteiger partial charge in [0.1, 0.15) is 5.75 Å². The van der Waals surface area contributed by atoms with E-state index in [1.165, 1.54) is 0 Å². The maximum Gasteiger partial charge on any atom is 0.223 e. The number of aryl methyl sites for hydroxylation is 3. The van der Waals surface area contributed by atoms with Gasteiger partial charge in [-0.2, -0.15) is 0 Å². The molecule has 0 saturated carbocycles. The Morgan fingerprint density at radius 2 is 1.67 bits per heavy atom. The molecule has 0 unspecified atom stereocenters. The van der Waals surface area contributed by atoms with Crippen LogP contribution in [-0.4, -0.2) is 9.97 Å². The van der Waals surface area contributed by atoms with Crippen LogP contribution in [0.5, 0.6) is 11.6 Å². The molecule has 3 aromatic rings. The van der Waals surface area contributed by atoms with Crippen LogP contribution < -0.4 is 4.74 Å². The summed E-state index contributed by atoms with van der Waals surface area (Å²) in [5, 5.41) is 0.709. The molecule has 0 aliphatic rings. The number of hydrogen-bond acceptors (Lipinski definition) is 3. The predicted octanol–water partition coefficient (Wildman–Crippen LogP) is 5.82. The van der Waals surface area contributed by atoms with Crippen LogP contribution in [0.15, 0.2) is 42.6 Å². The van der Waals surface area contributed by atoms with Crippen LogP contribution in [0.25, 0.3) is 11.3 Å². The molecule has 3 rings (SSSR count). The minimum Gasteiger partial charge on any atom is -0.438 e. The highest BCUT2D eigenvalue weighted by molar-refractivity contribution is 6.30. The summed E-state index contributed by atoms with van der Waals surface area (Å²) < 4.78 is 6.17. The second kappa shape index (κ2) is 6.62. The molecule has 0 spiro atoms. The third kappa shape index (κ3) is 3.26. The third-order valence-corrected chi connectivity index (χ3v) is 4.14. The lowest BCUT2D eigenvalue weighted by Gasteiger charge is -2.16. The van der Waals surface area contributed by atoms with Crippen molar-refractivity contribution in [3.63, 3.8) is 0 Å². The molecular weight excluding hydrogens is 320 g/mol. The highest BCUT2D eigenvalue weighted by Gasteiger charge is 2.14. The lowest BCUT2D eigenvalue weighted by atomic mass is 10.1. The van der Waals surface area contributed by atoms with E-state index in [1.54, 1.807) is 6.20 Å². The molecule has 0 aliphatic carbocycles. The molecule has 2 aromatic heterocycles. The minimum atomic E-state index is 0.601. The normalized spacial score (nSPS) is 10.7. The second-order valence-electron chi connectivity index (χ2n) is 5.93. The van der Waals surface area contributed by atoms with Crippen LogP contribution >= 0.6 is 11.6 Å². The SMILES string of the molecule is Cc1cc(-c2ccccn2)c(C)c(Oc2c(C)cc(Cl)cc2C)n1. The fourth-order valence-corrected chi connectivity index (χ4v) is 3.08. The molecule has 24 heavy (non-hydrogen) atoms. The van der Waals surface area contributed by atoms with E-state index in [9.17, 15) is 0 Å². The van der Waals surface area contributed by atoms with Gasteiger partial charge in [0, 0.05) is 28.0 Å². The maximum atomic E-state index is 6.17. The van der Waals surface area contributed by atoms with E-state index in [4.69, 9.17) is 16.3 Å². The van der Waals surface area contributed by atoms with Gasteiger partial charge in [0.05, 0.1) is 5.69 Å². The van der Waals surface area contributed by atoms with Crippen molar-refractivity contribution in [1.82, 2.24) is 9.97 Å². The fourth-order valence-electron chi connectivity index (χ4n) is 2.75. The van der Waals surface area contributed by atoms with Crippen molar-refractivity contribution in [2.75, 3.05) is 0 Å².